The lowest BCUT2D eigenvalue weighted by molar-refractivity contribution is 0.0602. The summed E-state index contributed by atoms with van der Waals surface area (Å²) in [7, 11) is 1.40. The fraction of sp³-hybridized carbons (Fsp3) is 0.625. The third kappa shape index (κ3) is 4.20. The van der Waals surface area contributed by atoms with Crippen molar-refractivity contribution in [2.75, 3.05) is 12.4 Å². The molecule has 1 heterocycles. The van der Waals surface area contributed by atoms with Gasteiger partial charge in [0, 0.05) is 10.9 Å². The molecule has 1 aliphatic rings. The smallest absolute Gasteiger partial charge is 0.340 e. The van der Waals surface area contributed by atoms with Gasteiger partial charge in [-0.1, -0.05) is 26.7 Å². The van der Waals surface area contributed by atoms with Crippen molar-refractivity contribution in [2.24, 2.45) is 5.92 Å². The average Bonchev–Trinajstić information content (AvgIpc) is 2.91. The molecule has 0 aliphatic heterocycles. The number of carbonyl (C=O) groups excluding carboxylic acids is 1. The number of anilines is 1. The molecule has 2 rings (SSSR count). The number of rotatable bonds is 4. The van der Waals surface area contributed by atoms with Crippen LogP contribution >= 0.6 is 23.6 Å². The van der Waals surface area contributed by atoms with Gasteiger partial charge in [0.1, 0.15) is 5.00 Å². The van der Waals surface area contributed by atoms with Gasteiger partial charge in [-0.3, -0.25) is 0 Å². The third-order valence-corrected chi connectivity index (χ3v) is 5.61. The van der Waals surface area contributed by atoms with Gasteiger partial charge in [0.2, 0.25) is 0 Å². The zero-order valence-electron chi connectivity index (χ0n) is 13.4. The molecule has 0 saturated heterocycles. The predicted octanol–water partition coefficient (Wildman–Crippen LogP) is 3.96. The molecule has 0 aromatic carbocycles. The molecule has 0 bridgehead atoms. The van der Waals surface area contributed by atoms with Crippen LogP contribution in [0, 0.1) is 5.92 Å². The molecule has 1 aliphatic carbocycles. The summed E-state index contributed by atoms with van der Waals surface area (Å²) < 4.78 is 4.85. The summed E-state index contributed by atoms with van der Waals surface area (Å²) in [6.45, 7) is 4.33. The summed E-state index contributed by atoms with van der Waals surface area (Å²) in [6.07, 6.45) is 5.83. The molecule has 22 heavy (non-hydrogen) atoms. The Balaban J connectivity index is 2.04. The van der Waals surface area contributed by atoms with Crippen LogP contribution in [0.5, 0.6) is 0 Å². The van der Waals surface area contributed by atoms with Gasteiger partial charge in [0.25, 0.3) is 0 Å². The van der Waals surface area contributed by atoms with E-state index in [0.29, 0.717) is 22.6 Å². The summed E-state index contributed by atoms with van der Waals surface area (Å²) in [4.78, 5) is 13.0. The second-order valence-corrected chi connectivity index (χ2v) is 7.31. The van der Waals surface area contributed by atoms with E-state index >= 15 is 0 Å². The Labute approximate surface area is 141 Å². The third-order valence-electron chi connectivity index (χ3n) is 4.19. The van der Waals surface area contributed by atoms with Gasteiger partial charge < -0.3 is 15.4 Å². The van der Waals surface area contributed by atoms with E-state index in [1.54, 1.807) is 11.3 Å². The van der Waals surface area contributed by atoms with E-state index in [-0.39, 0.29) is 5.97 Å². The molecule has 6 heteroatoms. The minimum atomic E-state index is -0.327. The molecule has 1 saturated carbocycles. The van der Waals surface area contributed by atoms with E-state index < -0.39 is 0 Å². The number of hydrogen-bond acceptors (Lipinski definition) is 4. The number of thiophene rings is 1. The number of carbonyl (C=O) groups is 1. The normalized spacial score (nSPS) is 21.2. The minimum Gasteiger partial charge on any atom is -0.465 e. The number of thiocarbonyl (C=S) groups is 1. The molecule has 0 radical (unpaired) electrons. The number of hydrogen-bond donors (Lipinski definition) is 2. The van der Waals surface area contributed by atoms with Crippen LogP contribution in [0.15, 0.2) is 6.07 Å². The fourth-order valence-corrected chi connectivity index (χ4v) is 4.12. The molecule has 2 N–H and O–H groups in total. The van der Waals surface area contributed by atoms with Crippen LogP contribution in [0.3, 0.4) is 0 Å². The number of methoxy groups -OCH3 is 1. The Hall–Kier alpha value is -1.14. The van der Waals surface area contributed by atoms with Crippen molar-refractivity contribution < 1.29 is 9.53 Å². The van der Waals surface area contributed by atoms with Crippen LogP contribution in [-0.2, 0) is 11.2 Å². The SMILES string of the molecule is CCc1cc(C(=O)OC)c(NC(=S)NC2CCCCC2C)s1. The maximum absolute atomic E-state index is 11.9. The number of ether oxygens (including phenoxy) is 1. The van der Waals surface area contributed by atoms with Crippen LogP contribution in [0.2, 0.25) is 0 Å². The van der Waals surface area contributed by atoms with Gasteiger partial charge in [0.15, 0.2) is 5.11 Å². The molecule has 1 fully saturated rings. The maximum Gasteiger partial charge on any atom is 0.340 e. The average molecular weight is 341 g/mol. The topological polar surface area (TPSA) is 50.4 Å². The quantitative estimate of drug-likeness (QED) is 0.642. The first-order valence-electron chi connectivity index (χ1n) is 7.83. The monoisotopic (exact) mass is 340 g/mol. The predicted molar refractivity (Wildman–Crippen MR) is 95.8 cm³/mol. The first-order valence-corrected chi connectivity index (χ1v) is 9.06. The number of nitrogens with one attached hydrogen (secondary N) is 2. The highest BCUT2D eigenvalue weighted by atomic mass is 32.1. The standard InChI is InChI=1S/C16H24N2O2S2/c1-4-11-9-12(15(19)20-3)14(22-11)18-16(21)17-13-8-6-5-7-10(13)2/h9-10,13H,4-8H2,1-3H3,(H2,17,18,21). The van der Waals surface area contributed by atoms with Crippen LogP contribution in [0.1, 0.15) is 54.8 Å². The van der Waals surface area contributed by atoms with Crippen molar-refractivity contribution in [1.82, 2.24) is 5.32 Å². The summed E-state index contributed by atoms with van der Waals surface area (Å²) in [5.74, 6) is 0.301. The summed E-state index contributed by atoms with van der Waals surface area (Å²) in [6, 6.07) is 2.30. The number of aryl methyl sites for hydroxylation is 1. The van der Waals surface area contributed by atoms with Crippen LogP contribution in [0.4, 0.5) is 5.00 Å². The number of esters is 1. The highest BCUT2D eigenvalue weighted by Crippen LogP contribution is 2.29. The maximum atomic E-state index is 11.9. The van der Waals surface area contributed by atoms with Crippen molar-refractivity contribution in [3.8, 4) is 0 Å². The molecule has 2 atom stereocenters. The lowest BCUT2D eigenvalue weighted by atomic mass is 9.86. The van der Waals surface area contributed by atoms with Crippen molar-refractivity contribution in [2.45, 2.75) is 52.0 Å². The first kappa shape index (κ1) is 17.2. The first-order chi connectivity index (χ1) is 10.5. The summed E-state index contributed by atoms with van der Waals surface area (Å²) in [5.41, 5.74) is 0.560. The molecular weight excluding hydrogens is 316 g/mol. The van der Waals surface area contributed by atoms with E-state index in [4.69, 9.17) is 17.0 Å². The van der Waals surface area contributed by atoms with E-state index in [2.05, 4.69) is 24.5 Å². The molecule has 4 nitrogen and oxygen atoms in total. The van der Waals surface area contributed by atoms with Crippen molar-refractivity contribution in [3.63, 3.8) is 0 Å². The summed E-state index contributed by atoms with van der Waals surface area (Å²) >= 11 is 6.98. The lowest BCUT2D eigenvalue weighted by Crippen LogP contribution is -2.43. The fourth-order valence-electron chi connectivity index (χ4n) is 2.81. The van der Waals surface area contributed by atoms with E-state index in [1.807, 2.05) is 6.07 Å². The Morgan fingerprint density at radius 2 is 2.18 bits per heavy atom. The highest BCUT2D eigenvalue weighted by Gasteiger charge is 2.23. The van der Waals surface area contributed by atoms with Gasteiger partial charge in [0.05, 0.1) is 12.7 Å². The Kier molecular flexibility index (Phi) is 6.20. The molecule has 1 aromatic rings. The molecule has 122 valence electrons. The van der Waals surface area contributed by atoms with Crippen LogP contribution in [-0.4, -0.2) is 24.2 Å². The molecule has 2 unspecified atom stereocenters. The second kappa shape index (κ2) is 7.92. The van der Waals surface area contributed by atoms with Gasteiger partial charge in [-0.05, 0) is 43.5 Å². The zero-order chi connectivity index (χ0) is 16.1. The van der Waals surface area contributed by atoms with E-state index in [1.165, 1.54) is 26.4 Å². The van der Waals surface area contributed by atoms with Crippen LogP contribution < -0.4 is 10.6 Å². The summed E-state index contributed by atoms with van der Waals surface area (Å²) in [5, 5.41) is 7.95. The van der Waals surface area contributed by atoms with Gasteiger partial charge in [-0.25, -0.2) is 4.79 Å². The van der Waals surface area contributed by atoms with Gasteiger partial charge >= 0.3 is 5.97 Å². The largest absolute Gasteiger partial charge is 0.465 e. The van der Waals surface area contributed by atoms with Crippen molar-refractivity contribution in [1.29, 1.82) is 0 Å². The second-order valence-electron chi connectivity index (χ2n) is 5.77. The zero-order valence-corrected chi connectivity index (χ0v) is 15.0. The van der Waals surface area contributed by atoms with Crippen LogP contribution in [0.25, 0.3) is 0 Å². The molecule has 1 aromatic heterocycles. The molecule has 0 amide bonds. The van der Waals surface area contributed by atoms with Crippen molar-refractivity contribution >= 4 is 39.6 Å². The molecule has 0 spiro atoms. The Morgan fingerprint density at radius 1 is 1.45 bits per heavy atom. The van der Waals surface area contributed by atoms with Crippen molar-refractivity contribution in [3.05, 3.63) is 16.5 Å². The Bertz CT molecular complexity index is 542. The molecular formula is C16H24N2O2S2. The van der Waals surface area contributed by atoms with E-state index in [0.717, 1.165) is 22.7 Å². The lowest BCUT2D eigenvalue weighted by Gasteiger charge is -2.30. The minimum absolute atomic E-state index is 0.327. The van der Waals surface area contributed by atoms with E-state index in [9.17, 15) is 4.79 Å². The van der Waals surface area contributed by atoms with Gasteiger partial charge in [-0.2, -0.15) is 0 Å². The Morgan fingerprint density at radius 3 is 2.82 bits per heavy atom. The highest BCUT2D eigenvalue weighted by molar-refractivity contribution is 7.80. The van der Waals surface area contributed by atoms with Gasteiger partial charge in [-0.15, -0.1) is 11.3 Å².